The second-order valence-electron chi connectivity index (χ2n) is 2.92. The van der Waals surface area contributed by atoms with E-state index in [1.807, 2.05) is 6.92 Å². The fourth-order valence-corrected chi connectivity index (χ4v) is 1.17. The molecule has 0 unspecified atom stereocenters. The molecule has 0 spiro atoms. The number of ether oxygens (including phenoxy) is 1. The zero-order valence-corrected chi connectivity index (χ0v) is 9.42. The van der Waals surface area contributed by atoms with Crippen molar-refractivity contribution in [1.29, 1.82) is 0 Å². The van der Waals surface area contributed by atoms with Crippen molar-refractivity contribution in [2.45, 2.75) is 13.3 Å². The van der Waals surface area contributed by atoms with E-state index in [-0.39, 0.29) is 5.28 Å². The number of nitrogens with two attached hydrogens (primary N) is 1. The maximum Gasteiger partial charge on any atom is 0.224 e. The summed E-state index contributed by atoms with van der Waals surface area (Å²) in [5.74, 6) is 0.575. The Labute approximate surface area is 94.0 Å². The lowest BCUT2D eigenvalue weighted by molar-refractivity contribution is 0.147. The molecule has 1 heterocycles. The fourth-order valence-electron chi connectivity index (χ4n) is 1.04. The minimum atomic E-state index is 0.191. The maximum atomic E-state index is 5.65. The number of nitrogen functional groups attached to an aromatic ring is 1. The van der Waals surface area contributed by atoms with Crippen LogP contribution in [0.3, 0.4) is 0 Å². The van der Waals surface area contributed by atoms with Crippen molar-refractivity contribution in [3.8, 4) is 0 Å². The van der Waals surface area contributed by atoms with Gasteiger partial charge in [0.15, 0.2) is 5.82 Å². The molecule has 15 heavy (non-hydrogen) atoms. The van der Waals surface area contributed by atoms with Crippen molar-refractivity contribution in [3.05, 3.63) is 11.5 Å². The highest BCUT2D eigenvalue weighted by Gasteiger charge is 2.01. The van der Waals surface area contributed by atoms with Gasteiger partial charge in [0.25, 0.3) is 0 Å². The predicted octanol–water partition coefficient (Wildman–Crippen LogP) is 1.55. The molecule has 0 aliphatic rings. The first-order valence-electron chi connectivity index (χ1n) is 4.83. The van der Waals surface area contributed by atoms with Crippen molar-refractivity contribution in [3.63, 3.8) is 0 Å². The van der Waals surface area contributed by atoms with Crippen LogP contribution in [0.1, 0.15) is 13.3 Å². The van der Waals surface area contributed by atoms with Crippen molar-refractivity contribution < 1.29 is 4.74 Å². The molecule has 0 bridgehead atoms. The predicted molar refractivity (Wildman–Crippen MR) is 61.1 cm³/mol. The number of hydrogen-bond donors (Lipinski definition) is 2. The molecule has 1 aromatic heterocycles. The Morgan fingerprint density at radius 1 is 1.60 bits per heavy atom. The summed E-state index contributed by atoms with van der Waals surface area (Å²) in [5, 5.41) is 3.26. The molecule has 1 rings (SSSR count). The molecule has 0 saturated carbocycles. The van der Waals surface area contributed by atoms with Crippen LogP contribution in [0.25, 0.3) is 0 Å². The Kier molecular flexibility index (Phi) is 5.14. The Bertz CT molecular complexity index is 308. The SMILES string of the molecule is CCOCCCNc1nc(Cl)ncc1N. The van der Waals surface area contributed by atoms with Gasteiger partial charge in [0.1, 0.15) is 0 Å². The Hall–Kier alpha value is -1.07. The molecule has 0 amide bonds. The van der Waals surface area contributed by atoms with E-state index in [0.717, 1.165) is 26.2 Å². The van der Waals surface area contributed by atoms with E-state index in [4.69, 9.17) is 22.1 Å². The van der Waals surface area contributed by atoms with Crippen LogP contribution >= 0.6 is 11.6 Å². The zero-order valence-electron chi connectivity index (χ0n) is 8.66. The Morgan fingerprint density at radius 2 is 2.40 bits per heavy atom. The molecule has 0 saturated heterocycles. The van der Waals surface area contributed by atoms with Crippen LogP contribution < -0.4 is 11.1 Å². The molecule has 3 N–H and O–H groups in total. The van der Waals surface area contributed by atoms with E-state index in [1.54, 1.807) is 0 Å². The first-order chi connectivity index (χ1) is 7.24. The largest absolute Gasteiger partial charge is 0.394 e. The molecule has 1 aromatic rings. The van der Waals surface area contributed by atoms with Gasteiger partial charge in [-0.2, -0.15) is 4.98 Å². The minimum Gasteiger partial charge on any atom is -0.394 e. The second kappa shape index (κ2) is 6.42. The van der Waals surface area contributed by atoms with Gasteiger partial charge in [-0.3, -0.25) is 0 Å². The summed E-state index contributed by atoms with van der Waals surface area (Å²) in [6.07, 6.45) is 2.38. The van der Waals surface area contributed by atoms with Gasteiger partial charge in [-0.05, 0) is 24.9 Å². The molecule has 6 heteroatoms. The van der Waals surface area contributed by atoms with Crippen LogP contribution in [0.15, 0.2) is 6.20 Å². The summed E-state index contributed by atoms with van der Waals surface area (Å²) >= 11 is 5.64. The van der Waals surface area contributed by atoms with E-state index in [0.29, 0.717) is 11.5 Å². The average molecular weight is 231 g/mol. The van der Waals surface area contributed by atoms with E-state index < -0.39 is 0 Å². The molecule has 0 aliphatic carbocycles. The number of nitrogens with one attached hydrogen (secondary N) is 1. The quantitative estimate of drug-likeness (QED) is 0.573. The van der Waals surface area contributed by atoms with Crippen LogP contribution in [0.2, 0.25) is 5.28 Å². The van der Waals surface area contributed by atoms with Gasteiger partial charge in [0.2, 0.25) is 5.28 Å². The van der Waals surface area contributed by atoms with Crippen LogP contribution in [-0.4, -0.2) is 29.7 Å². The molecule has 0 aromatic carbocycles. The molecular weight excluding hydrogens is 216 g/mol. The molecule has 0 radical (unpaired) electrons. The van der Waals surface area contributed by atoms with Gasteiger partial charge >= 0.3 is 0 Å². The highest BCUT2D eigenvalue weighted by Crippen LogP contribution is 2.15. The molecule has 0 aliphatic heterocycles. The number of aromatic nitrogens is 2. The number of halogens is 1. The van der Waals surface area contributed by atoms with E-state index in [2.05, 4.69) is 15.3 Å². The zero-order chi connectivity index (χ0) is 11.1. The van der Waals surface area contributed by atoms with Crippen LogP contribution in [0, 0.1) is 0 Å². The minimum absolute atomic E-state index is 0.191. The number of anilines is 2. The Morgan fingerprint density at radius 3 is 3.13 bits per heavy atom. The van der Waals surface area contributed by atoms with E-state index >= 15 is 0 Å². The third kappa shape index (κ3) is 4.31. The van der Waals surface area contributed by atoms with E-state index in [9.17, 15) is 0 Å². The summed E-state index contributed by atoms with van der Waals surface area (Å²) in [6, 6.07) is 0. The third-order valence-electron chi connectivity index (χ3n) is 1.75. The number of hydrogen-bond acceptors (Lipinski definition) is 5. The number of rotatable bonds is 6. The van der Waals surface area contributed by atoms with Gasteiger partial charge in [-0.1, -0.05) is 0 Å². The highest BCUT2D eigenvalue weighted by molar-refractivity contribution is 6.28. The normalized spacial score (nSPS) is 10.3. The van der Waals surface area contributed by atoms with Gasteiger partial charge in [0.05, 0.1) is 11.9 Å². The summed E-state index contributed by atoms with van der Waals surface area (Å²) < 4.78 is 5.20. The summed E-state index contributed by atoms with van der Waals surface area (Å²) in [4.78, 5) is 7.73. The second-order valence-corrected chi connectivity index (χ2v) is 3.26. The molecule has 0 fully saturated rings. The van der Waals surface area contributed by atoms with Crippen LogP contribution in [0.4, 0.5) is 11.5 Å². The first kappa shape index (κ1) is 12.0. The summed E-state index contributed by atoms with van der Waals surface area (Å²) in [7, 11) is 0. The van der Waals surface area contributed by atoms with Gasteiger partial charge < -0.3 is 15.8 Å². The first-order valence-corrected chi connectivity index (χ1v) is 5.21. The highest BCUT2D eigenvalue weighted by atomic mass is 35.5. The third-order valence-corrected chi connectivity index (χ3v) is 1.93. The summed E-state index contributed by atoms with van der Waals surface area (Å²) in [5.41, 5.74) is 6.15. The van der Waals surface area contributed by atoms with E-state index in [1.165, 1.54) is 6.20 Å². The lowest BCUT2D eigenvalue weighted by atomic mass is 10.4. The molecule has 5 nitrogen and oxygen atoms in total. The van der Waals surface area contributed by atoms with Crippen LogP contribution in [-0.2, 0) is 4.74 Å². The van der Waals surface area contributed by atoms with Crippen molar-refractivity contribution in [2.24, 2.45) is 0 Å². The van der Waals surface area contributed by atoms with Crippen molar-refractivity contribution in [1.82, 2.24) is 9.97 Å². The van der Waals surface area contributed by atoms with Gasteiger partial charge in [0, 0.05) is 19.8 Å². The average Bonchev–Trinajstić information content (AvgIpc) is 2.23. The smallest absolute Gasteiger partial charge is 0.224 e. The van der Waals surface area contributed by atoms with Crippen molar-refractivity contribution in [2.75, 3.05) is 30.8 Å². The summed E-state index contributed by atoms with van der Waals surface area (Å²) in [6.45, 7) is 4.18. The van der Waals surface area contributed by atoms with Crippen LogP contribution in [0.5, 0.6) is 0 Å². The lowest BCUT2D eigenvalue weighted by Crippen LogP contribution is -2.09. The Balaban J connectivity index is 2.33. The standard InChI is InChI=1S/C9H15ClN4O/c1-2-15-5-3-4-12-8-7(11)6-13-9(10)14-8/h6H,2-5,11H2,1H3,(H,12,13,14). The van der Waals surface area contributed by atoms with Gasteiger partial charge in [-0.15, -0.1) is 0 Å². The maximum absolute atomic E-state index is 5.65. The molecule has 0 atom stereocenters. The van der Waals surface area contributed by atoms with Crippen molar-refractivity contribution >= 4 is 23.1 Å². The fraction of sp³-hybridized carbons (Fsp3) is 0.556. The van der Waals surface area contributed by atoms with Gasteiger partial charge in [-0.25, -0.2) is 4.98 Å². The topological polar surface area (TPSA) is 73.1 Å². The lowest BCUT2D eigenvalue weighted by Gasteiger charge is -2.07. The number of nitrogens with zero attached hydrogens (tertiary/aromatic N) is 2. The molecule has 84 valence electrons. The molecular formula is C9H15ClN4O. The monoisotopic (exact) mass is 230 g/mol.